The Labute approximate surface area is 381 Å². The third-order valence-corrected chi connectivity index (χ3v) is 14.0. The van der Waals surface area contributed by atoms with Gasteiger partial charge in [0.15, 0.2) is 0 Å². The molecule has 0 bridgehead atoms. The van der Waals surface area contributed by atoms with Gasteiger partial charge in [0, 0.05) is 32.9 Å². The van der Waals surface area contributed by atoms with E-state index in [1.54, 1.807) is 0 Å². The molecular weight excluding hydrogens is 797 g/mol. The first-order chi connectivity index (χ1) is 32.7. The lowest BCUT2D eigenvalue weighted by molar-refractivity contribution is 1.18. The summed E-state index contributed by atoms with van der Waals surface area (Å²) in [5, 5.41) is 12.8. The zero-order valence-corrected chi connectivity index (χ0v) is 36.0. The molecular formula is C64H40N2. The van der Waals surface area contributed by atoms with Gasteiger partial charge in [0.25, 0.3) is 0 Å². The van der Waals surface area contributed by atoms with Gasteiger partial charge in [-0.3, -0.25) is 0 Å². The Balaban J connectivity index is 0.764. The van der Waals surface area contributed by atoms with Crippen LogP contribution in [0.15, 0.2) is 243 Å². The Morgan fingerprint density at radius 2 is 0.500 bits per heavy atom. The lowest BCUT2D eigenvalue weighted by atomic mass is 9.89. The van der Waals surface area contributed by atoms with E-state index in [-0.39, 0.29) is 0 Å². The molecule has 0 aliphatic rings. The normalized spacial score (nSPS) is 11.9. The first-order valence-corrected chi connectivity index (χ1v) is 22.8. The predicted molar refractivity (Wildman–Crippen MR) is 281 cm³/mol. The molecule has 12 aromatic carbocycles. The third-order valence-electron chi connectivity index (χ3n) is 14.0. The maximum absolute atomic E-state index is 2.38. The average molecular weight is 837 g/mol. The zero-order valence-electron chi connectivity index (χ0n) is 36.0. The second-order valence-electron chi connectivity index (χ2n) is 17.7. The van der Waals surface area contributed by atoms with E-state index >= 15 is 0 Å². The van der Waals surface area contributed by atoms with Crippen LogP contribution in [0.2, 0.25) is 0 Å². The molecule has 0 radical (unpaired) electrons. The van der Waals surface area contributed by atoms with Crippen molar-refractivity contribution in [3.05, 3.63) is 243 Å². The number of rotatable bonds is 6. The van der Waals surface area contributed by atoms with E-state index < -0.39 is 0 Å². The number of benzene rings is 12. The topological polar surface area (TPSA) is 9.86 Å². The average Bonchev–Trinajstić information content (AvgIpc) is 3.90. The Kier molecular flexibility index (Phi) is 8.02. The highest BCUT2D eigenvalue weighted by molar-refractivity contribution is 6.24. The van der Waals surface area contributed by atoms with Gasteiger partial charge in [0.2, 0.25) is 0 Å². The Morgan fingerprint density at radius 1 is 0.197 bits per heavy atom. The molecule has 2 heteroatoms. The number of hydrogen-bond acceptors (Lipinski definition) is 0. The summed E-state index contributed by atoms with van der Waals surface area (Å²) in [5.41, 5.74) is 17.0. The molecule has 0 atom stereocenters. The first-order valence-electron chi connectivity index (χ1n) is 22.8. The minimum atomic E-state index is 1.18. The van der Waals surface area contributed by atoms with Crippen molar-refractivity contribution in [2.45, 2.75) is 0 Å². The monoisotopic (exact) mass is 836 g/mol. The standard InChI is InChI=1S/C64H40N2/c1-3-11-53(12-4-1)65-59-17-9-7-15-55(59)57-39-45(31-33-61(57)65)43-23-19-41(20-24-43)42-21-25-44(26-22-42)51-35-47-27-29-49-37-52(38-50-30-28-48(36-51)63(47)64(49)50)46-32-34-62-58(40-46)56-16-8-10-18-60(56)66(62)54-13-5-2-6-14-54/h1-40H. The van der Waals surface area contributed by atoms with E-state index in [0.717, 1.165) is 0 Å². The number of para-hydroxylation sites is 4. The van der Waals surface area contributed by atoms with Crippen LogP contribution < -0.4 is 0 Å². The van der Waals surface area contributed by atoms with Crippen LogP contribution in [0.3, 0.4) is 0 Å². The molecule has 66 heavy (non-hydrogen) atoms. The van der Waals surface area contributed by atoms with Gasteiger partial charge < -0.3 is 9.13 Å². The zero-order chi connectivity index (χ0) is 43.3. The minimum absolute atomic E-state index is 1.18. The van der Waals surface area contributed by atoms with Gasteiger partial charge in [-0.25, -0.2) is 0 Å². The summed E-state index contributed by atoms with van der Waals surface area (Å²) in [5.74, 6) is 0. The van der Waals surface area contributed by atoms with Gasteiger partial charge in [-0.15, -0.1) is 0 Å². The van der Waals surface area contributed by atoms with Crippen LogP contribution in [0.4, 0.5) is 0 Å². The highest BCUT2D eigenvalue weighted by Crippen LogP contribution is 2.42. The van der Waals surface area contributed by atoms with Crippen LogP contribution in [0, 0.1) is 0 Å². The van der Waals surface area contributed by atoms with Gasteiger partial charge in [0.1, 0.15) is 0 Å². The molecule has 2 heterocycles. The maximum Gasteiger partial charge on any atom is 0.0541 e. The summed E-state index contributed by atoms with van der Waals surface area (Å²) in [6, 6.07) is 89.4. The van der Waals surface area contributed by atoms with Gasteiger partial charge in [-0.05, 0) is 162 Å². The second-order valence-corrected chi connectivity index (χ2v) is 17.7. The van der Waals surface area contributed by atoms with E-state index in [1.165, 1.54) is 132 Å². The molecule has 0 amide bonds. The smallest absolute Gasteiger partial charge is 0.0541 e. The van der Waals surface area contributed by atoms with E-state index in [1.807, 2.05) is 0 Å². The molecule has 0 saturated heterocycles. The summed E-state index contributed by atoms with van der Waals surface area (Å²) in [7, 11) is 0. The third kappa shape index (κ3) is 5.68. The number of aromatic nitrogens is 2. The van der Waals surface area contributed by atoms with Crippen LogP contribution in [0.5, 0.6) is 0 Å². The molecule has 14 rings (SSSR count). The Hall–Kier alpha value is -8.72. The van der Waals surface area contributed by atoms with Crippen LogP contribution in [-0.2, 0) is 0 Å². The van der Waals surface area contributed by atoms with Crippen molar-refractivity contribution in [3.8, 4) is 55.9 Å². The molecule has 0 unspecified atom stereocenters. The summed E-state index contributed by atoms with van der Waals surface area (Å²) in [6.45, 7) is 0. The van der Waals surface area contributed by atoms with Crippen molar-refractivity contribution in [1.82, 2.24) is 9.13 Å². The van der Waals surface area contributed by atoms with Crippen LogP contribution in [0.25, 0.3) is 132 Å². The van der Waals surface area contributed by atoms with Gasteiger partial charge in [-0.2, -0.15) is 0 Å². The molecule has 2 aromatic heterocycles. The summed E-state index contributed by atoms with van der Waals surface area (Å²) in [6.07, 6.45) is 0. The molecule has 0 N–H and O–H groups in total. The van der Waals surface area contributed by atoms with Crippen molar-refractivity contribution in [2.24, 2.45) is 0 Å². The maximum atomic E-state index is 2.38. The number of fused-ring (bicyclic) bond motifs is 6. The minimum Gasteiger partial charge on any atom is -0.309 e. The molecule has 2 nitrogen and oxygen atoms in total. The highest BCUT2D eigenvalue weighted by atomic mass is 15.0. The van der Waals surface area contributed by atoms with Crippen LogP contribution in [0.1, 0.15) is 0 Å². The fraction of sp³-hybridized carbons (Fsp3) is 0. The van der Waals surface area contributed by atoms with E-state index in [9.17, 15) is 0 Å². The summed E-state index contributed by atoms with van der Waals surface area (Å²) in [4.78, 5) is 0. The second kappa shape index (κ2) is 14.4. The largest absolute Gasteiger partial charge is 0.309 e. The fourth-order valence-electron chi connectivity index (χ4n) is 10.9. The van der Waals surface area contributed by atoms with Crippen LogP contribution in [-0.4, -0.2) is 9.13 Å². The Morgan fingerprint density at radius 3 is 0.924 bits per heavy atom. The summed E-state index contributed by atoms with van der Waals surface area (Å²) >= 11 is 0. The van der Waals surface area contributed by atoms with E-state index in [0.29, 0.717) is 0 Å². The molecule has 0 aliphatic heterocycles. The van der Waals surface area contributed by atoms with Gasteiger partial charge >= 0.3 is 0 Å². The van der Waals surface area contributed by atoms with E-state index in [4.69, 9.17) is 0 Å². The number of hydrogen-bond donors (Lipinski definition) is 0. The lowest BCUT2D eigenvalue weighted by Crippen LogP contribution is -1.92. The van der Waals surface area contributed by atoms with Crippen LogP contribution >= 0.6 is 0 Å². The van der Waals surface area contributed by atoms with Crippen molar-refractivity contribution >= 4 is 75.9 Å². The van der Waals surface area contributed by atoms with E-state index in [2.05, 4.69) is 252 Å². The fourth-order valence-corrected chi connectivity index (χ4v) is 10.9. The van der Waals surface area contributed by atoms with Gasteiger partial charge in [-0.1, -0.05) is 158 Å². The van der Waals surface area contributed by atoms with Crippen molar-refractivity contribution in [3.63, 3.8) is 0 Å². The molecule has 14 aromatic rings. The van der Waals surface area contributed by atoms with Gasteiger partial charge in [0.05, 0.1) is 22.1 Å². The SMILES string of the molecule is c1ccc(-n2c3ccccc3c3cc(-c4ccc(-c5ccc(-c6cc7ccc8cc(-c9ccc%10c(c9)c9ccccc9n%10-c9ccccc9)cc9ccc(c6)c7c89)cc5)cc4)ccc32)cc1. The molecule has 0 spiro atoms. The van der Waals surface area contributed by atoms with Crippen molar-refractivity contribution < 1.29 is 0 Å². The molecule has 0 saturated carbocycles. The first kappa shape index (κ1) is 36.7. The molecule has 0 aliphatic carbocycles. The molecule has 0 fully saturated rings. The Bertz CT molecular complexity index is 4110. The molecule has 306 valence electrons. The highest BCUT2D eigenvalue weighted by Gasteiger charge is 2.17. The number of nitrogens with zero attached hydrogens (tertiary/aromatic N) is 2. The van der Waals surface area contributed by atoms with Crippen molar-refractivity contribution in [1.29, 1.82) is 0 Å². The lowest BCUT2D eigenvalue weighted by Gasteiger charge is -2.15. The predicted octanol–water partition coefficient (Wildman–Crippen LogP) is 17.4. The van der Waals surface area contributed by atoms with Crippen molar-refractivity contribution in [2.75, 3.05) is 0 Å². The quantitative estimate of drug-likeness (QED) is 0.148. The summed E-state index contributed by atoms with van der Waals surface area (Å²) < 4.78 is 4.75.